The summed E-state index contributed by atoms with van der Waals surface area (Å²) in [5, 5.41) is 9.20. The Morgan fingerprint density at radius 2 is 2.14 bits per heavy atom. The van der Waals surface area contributed by atoms with Gasteiger partial charge in [-0.15, -0.1) is 0 Å². The third kappa shape index (κ3) is 1.19. The van der Waals surface area contributed by atoms with Crippen LogP contribution in [0.1, 0.15) is 19.9 Å². The molecule has 0 spiro atoms. The molecule has 0 saturated heterocycles. The van der Waals surface area contributed by atoms with Gasteiger partial charge < -0.3 is 9.52 Å². The van der Waals surface area contributed by atoms with Gasteiger partial charge in [-0.05, 0) is 26.0 Å². The normalized spacial score (nSPS) is 11.4. The number of oxazole rings is 1. The van der Waals surface area contributed by atoms with Gasteiger partial charge in [-0.1, -0.05) is 0 Å². The maximum atomic E-state index is 11.4. The summed E-state index contributed by atoms with van der Waals surface area (Å²) in [5.41, 5.74) is 1.13. The fourth-order valence-electron chi connectivity index (χ4n) is 1.51. The van der Waals surface area contributed by atoms with E-state index in [2.05, 4.69) is 0 Å². The lowest BCUT2D eigenvalue weighted by Crippen LogP contribution is -2.15. The van der Waals surface area contributed by atoms with Crippen molar-refractivity contribution in [2.45, 2.75) is 19.9 Å². The Morgan fingerprint density at radius 1 is 1.43 bits per heavy atom. The monoisotopic (exact) mass is 193 g/mol. The minimum Gasteiger partial charge on any atom is -0.508 e. The highest BCUT2D eigenvalue weighted by molar-refractivity contribution is 5.74. The highest BCUT2D eigenvalue weighted by Gasteiger charge is 2.11. The van der Waals surface area contributed by atoms with E-state index in [0.29, 0.717) is 11.1 Å². The molecular weight excluding hydrogens is 182 g/mol. The van der Waals surface area contributed by atoms with Gasteiger partial charge in [0.05, 0.1) is 5.52 Å². The van der Waals surface area contributed by atoms with Gasteiger partial charge in [0.2, 0.25) is 0 Å². The first-order valence-corrected chi connectivity index (χ1v) is 4.43. The Bertz CT molecular complexity index is 522. The second-order valence-electron chi connectivity index (χ2n) is 3.48. The number of phenolic OH excluding ortho intramolecular Hbond substituents is 1. The summed E-state index contributed by atoms with van der Waals surface area (Å²) in [7, 11) is 0. The van der Waals surface area contributed by atoms with Crippen LogP contribution in [-0.4, -0.2) is 9.67 Å². The molecule has 0 aliphatic carbocycles. The van der Waals surface area contributed by atoms with E-state index in [1.165, 1.54) is 12.1 Å². The lowest BCUT2D eigenvalue weighted by molar-refractivity contribution is 0.468. The number of hydrogen-bond donors (Lipinski definition) is 1. The average molecular weight is 193 g/mol. The molecule has 0 bridgehead atoms. The summed E-state index contributed by atoms with van der Waals surface area (Å²) >= 11 is 0. The molecule has 0 atom stereocenters. The lowest BCUT2D eigenvalue weighted by Gasteiger charge is -2.04. The van der Waals surface area contributed by atoms with E-state index in [9.17, 15) is 9.90 Å². The van der Waals surface area contributed by atoms with Crippen LogP contribution in [0.5, 0.6) is 5.75 Å². The Labute approximate surface area is 80.4 Å². The number of aromatic nitrogens is 1. The molecule has 0 saturated carbocycles. The van der Waals surface area contributed by atoms with Crippen molar-refractivity contribution in [1.82, 2.24) is 4.57 Å². The molecule has 4 heteroatoms. The van der Waals surface area contributed by atoms with E-state index < -0.39 is 0 Å². The Kier molecular flexibility index (Phi) is 1.84. The number of benzene rings is 1. The quantitative estimate of drug-likeness (QED) is 0.752. The second-order valence-corrected chi connectivity index (χ2v) is 3.48. The van der Waals surface area contributed by atoms with E-state index in [4.69, 9.17) is 4.42 Å². The molecule has 2 rings (SSSR count). The van der Waals surface area contributed by atoms with Crippen LogP contribution in [-0.2, 0) is 0 Å². The van der Waals surface area contributed by atoms with Crippen molar-refractivity contribution in [3.8, 4) is 5.75 Å². The van der Waals surface area contributed by atoms with Crippen molar-refractivity contribution >= 4 is 11.1 Å². The van der Waals surface area contributed by atoms with Gasteiger partial charge in [0.15, 0.2) is 5.58 Å². The molecule has 1 aromatic heterocycles. The van der Waals surface area contributed by atoms with Crippen molar-refractivity contribution < 1.29 is 9.52 Å². The highest BCUT2D eigenvalue weighted by atomic mass is 16.4. The number of rotatable bonds is 1. The van der Waals surface area contributed by atoms with E-state index in [-0.39, 0.29) is 17.5 Å². The molecule has 1 aromatic carbocycles. The third-order valence-electron chi connectivity index (χ3n) is 2.11. The average Bonchev–Trinajstić information content (AvgIpc) is 2.39. The molecule has 0 amide bonds. The van der Waals surface area contributed by atoms with Crippen molar-refractivity contribution in [3.05, 3.63) is 28.7 Å². The fraction of sp³-hybridized carbons (Fsp3) is 0.300. The van der Waals surface area contributed by atoms with Crippen molar-refractivity contribution in [2.24, 2.45) is 0 Å². The van der Waals surface area contributed by atoms with Crippen molar-refractivity contribution in [1.29, 1.82) is 0 Å². The van der Waals surface area contributed by atoms with Gasteiger partial charge >= 0.3 is 5.76 Å². The largest absolute Gasteiger partial charge is 0.508 e. The van der Waals surface area contributed by atoms with Crippen LogP contribution in [0.15, 0.2) is 27.4 Å². The number of aromatic hydroxyl groups is 1. The standard InChI is InChI=1S/C10H11NO3/c1-6(2)11-8-4-3-7(12)5-9(8)14-10(11)13/h3-6,12H,1-2H3. The van der Waals surface area contributed by atoms with E-state index in [0.717, 1.165) is 0 Å². The zero-order valence-corrected chi connectivity index (χ0v) is 8.02. The summed E-state index contributed by atoms with van der Waals surface area (Å²) in [4.78, 5) is 11.4. The Morgan fingerprint density at radius 3 is 2.79 bits per heavy atom. The summed E-state index contributed by atoms with van der Waals surface area (Å²) < 4.78 is 6.54. The van der Waals surface area contributed by atoms with Gasteiger partial charge in [-0.25, -0.2) is 4.79 Å². The predicted molar refractivity (Wildman–Crippen MR) is 52.5 cm³/mol. The molecule has 0 aliphatic heterocycles. The SMILES string of the molecule is CC(C)n1c(=O)oc2cc(O)ccc21. The number of phenols is 1. The zero-order valence-electron chi connectivity index (χ0n) is 8.02. The maximum Gasteiger partial charge on any atom is 0.420 e. The number of hydrogen-bond acceptors (Lipinski definition) is 3. The van der Waals surface area contributed by atoms with Gasteiger partial charge in [-0.3, -0.25) is 4.57 Å². The third-order valence-corrected chi connectivity index (χ3v) is 2.11. The second kappa shape index (κ2) is 2.90. The van der Waals surface area contributed by atoms with Crippen molar-refractivity contribution in [3.63, 3.8) is 0 Å². The highest BCUT2D eigenvalue weighted by Crippen LogP contribution is 2.20. The van der Waals surface area contributed by atoms with Crippen LogP contribution < -0.4 is 5.76 Å². The zero-order chi connectivity index (χ0) is 10.3. The van der Waals surface area contributed by atoms with Crippen LogP contribution in [0, 0.1) is 0 Å². The van der Waals surface area contributed by atoms with E-state index in [1.54, 1.807) is 10.6 Å². The van der Waals surface area contributed by atoms with Crippen LogP contribution in [0.25, 0.3) is 11.1 Å². The Hall–Kier alpha value is -1.71. The molecule has 0 unspecified atom stereocenters. The first-order chi connectivity index (χ1) is 6.59. The molecule has 2 aromatic rings. The van der Waals surface area contributed by atoms with Crippen LogP contribution >= 0.6 is 0 Å². The molecule has 4 nitrogen and oxygen atoms in total. The molecule has 0 fully saturated rings. The number of nitrogens with zero attached hydrogens (tertiary/aromatic N) is 1. The molecule has 1 heterocycles. The number of fused-ring (bicyclic) bond motifs is 1. The fourth-order valence-corrected chi connectivity index (χ4v) is 1.51. The minimum atomic E-state index is -0.388. The van der Waals surface area contributed by atoms with Crippen molar-refractivity contribution in [2.75, 3.05) is 0 Å². The van der Waals surface area contributed by atoms with Gasteiger partial charge in [0, 0.05) is 12.1 Å². The van der Waals surface area contributed by atoms with Gasteiger partial charge in [-0.2, -0.15) is 0 Å². The maximum absolute atomic E-state index is 11.4. The van der Waals surface area contributed by atoms with Gasteiger partial charge in [0.1, 0.15) is 5.75 Å². The summed E-state index contributed by atoms with van der Waals surface area (Å²) in [6.07, 6.45) is 0. The molecule has 14 heavy (non-hydrogen) atoms. The topological polar surface area (TPSA) is 55.4 Å². The molecule has 0 aliphatic rings. The lowest BCUT2D eigenvalue weighted by atomic mass is 10.3. The summed E-state index contributed by atoms with van der Waals surface area (Å²) in [6.45, 7) is 3.81. The van der Waals surface area contributed by atoms with Crippen LogP contribution in [0.4, 0.5) is 0 Å². The van der Waals surface area contributed by atoms with E-state index in [1.807, 2.05) is 13.8 Å². The first-order valence-electron chi connectivity index (χ1n) is 4.43. The van der Waals surface area contributed by atoms with E-state index >= 15 is 0 Å². The molecule has 0 radical (unpaired) electrons. The van der Waals surface area contributed by atoms with Gasteiger partial charge in [0.25, 0.3) is 0 Å². The molecular formula is C10H11NO3. The smallest absolute Gasteiger partial charge is 0.420 e. The minimum absolute atomic E-state index is 0.0493. The summed E-state index contributed by atoms with van der Waals surface area (Å²) in [6, 6.07) is 4.70. The van der Waals surface area contributed by atoms with Crippen LogP contribution in [0.3, 0.4) is 0 Å². The van der Waals surface area contributed by atoms with Crippen LogP contribution in [0.2, 0.25) is 0 Å². The molecule has 74 valence electrons. The first kappa shape index (κ1) is 8.87. The Balaban J connectivity index is 2.84. The predicted octanol–water partition coefficient (Wildman–Crippen LogP) is 1.88. The summed E-state index contributed by atoms with van der Waals surface area (Å²) in [5.74, 6) is -0.289. The molecule has 1 N–H and O–H groups in total.